The van der Waals surface area contributed by atoms with Crippen LogP contribution in [0.4, 0.5) is 0 Å². The lowest BCUT2D eigenvalue weighted by molar-refractivity contribution is 0.0950. The average Bonchev–Trinajstić information content (AvgIpc) is 2.18. The minimum atomic E-state index is -0.0564. The van der Waals surface area contributed by atoms with Crippen molar-refractivity contribution >= 4 is 5.91 Å². The van der Waals surface area contributed by atoms with Crippen molar-refractivity contribution in [1.29, 1.82) is 0 Å². The molecule has 1 rings (SSSR count). The molecule has 0 saturated carbocycles. The number of aliphatic hydroxyl groups excluding tert-OH is 1. The minimum absolute atomic E-state index is 0.0564. The maximum atomic E-state index is 11.8. The fourth-order valence-corrected chi connectivity index (χ4v) is 1.54. The predicted octanol–water partition coefficient (Wildman–Crippen LogP) is 1.42. The Morgan fingerprint density at radius 2 is 1.93 bits per heavy atom. The van der Waals surface area contributed by atoms with Crippen molar-refractivity contribution in [1.82, 2.24) is 5.32 Å². The quantitative estimate of drug-likeness (QED) is 0.733. The van der Waals surface area contributed by atoms with Gasteiger partial charge >= 0.3 is 0 Å². The molecule has 0 aromatic heterocycles. The second kappa shape index (κ2) is 5.51. The van der Waals surface area contributed by atoms with E-state index in [9.17, 15) is 4.79 Å². The lowest BCUT2D eigenvalue weighted by Gasteiger charge is -2.09. The molecule has 0 spiro atoms. The number of carbonyl (C=O) groups is 1. The maximum Gasteiger partial charge on any atom is 0.251 e. The molecule has 0 radical (unpaired) electrons. The molecule has 0 aliphatic carbocycles. The zero-order valence-electron chi connectivity index (χ0n) is 9.21. The van der Waals surface area contributed by atoms with Crippen LogP contribution < -0.4 is 5.32 Å². The largest absolute Gasteiger partial charge is 0.396 e. The van der Waals surface area contributed by atoms with Crippen molar-refractivity contribution in [3.8, 4) is 0 Å². The SMILES string of the molecule is Cc1cccc(C)c1C(=O)NCCCO. The van der Waals surface area contributed by atoms with E-state index in [-0.39, 0.29) is 12.5 Å². The highest BCUT2D eigenvalue weighted by Crippen LogP contribution is 2.12. The summed E-state index contributed by atoms with van der Waals surface area (Å²) in [6.45, 7) is 4.47. The standard InChI is InChI=1S/C12H17NO2/c1-9-5-3-6-10(2)11(9)12(15)13-7-4-8-14/h3,5-6,14H,4,7-8H2,1-2H3,(H,13,15). The van der Waals surface area contributed by atoms with Gasteiger partial charge in [-0.15, -0.1) is 0 Å². The van der Waals surface area contributed by atoms with Gasteiger partial charge in [0.2, 0.25) is 0 Å². The summed E-state index contributed by atoms with van der Waals surface area (Å²) in [6.07, 6.45) is 0.594. The predicted molar refractivity (Wildman–Crippen MR) is 60.0 cm³/mol. The van der Waals surface area contributed by atoms with Crippen LogP contribution in [0.2, 0.25) is 0 Å². The van der Waals surface area contributed by atoms with Crippen LogP contribution in [0.1, 0.15) is 27.9 Å². The number of carbonyl (C=O) groups excluding carboxylic acids is 1. The van der Waals surface area contributed by atoms with Gasteiger partial charge in [0.15, 0.2) is 0 Å². The Bertz CT molecular complexity index is 327. The number of benzene rings is 1. The number of aryl methyl sites for hydroxylation is 2. The van der Waals surface area contributed by atoms with Gasteiger partial charge in [0.05, 0.1) is 0 Å². The van der Waals surface area contributed by atoms with Gasteiger partial charge in [-0.25, -0.2) is 0 Å². The molecule has 0 aliphatic rings. The Balaban J connectivity index is 2.73. The van der Waals surface area contributed by atoms with Crippen molar-refractivity contribution in [3.05, 3.63) is 34.9 Å². The van der Waals surface area contributed by atoms with E-state index in [1.165, 1.54) is 0 Å². The summed E-state index contributed by atoms with van der Waals surface area (Å²) in [4.78, 5) is 11.8. The molecular weight excluding hydrogens is 190 g/mol. The third-order valence-electron chi connectivity index (χ3n) is 2.33. The van der Waals surface area contributed by atoms with Crippen LogP contribution >= 0.6 is 0 Å². The fraction of sp³-hybridized carbons (Fsp3) is 0.417. The Hall–Kier alpha value is -1.35. The molecule has 0 aliphatic heterocycles. The Morgan fingerprint density at radius 3 is 2.47 bits per heavy atom. The van der Waals surface area contributed by atoms with E-state index in [0.717, 1.165) is 16.7 Å². The molecular formula is C12H17NO2. The topological polar surface area (TPSA) is 49.3 Å². The zero-order valence-corrected chi connectivity index (χ0v) is 9.21. The highest BCUT2D eigenvalue weighted by atomic mass is 16.3. The molecule has 15 heavy (non-hydrogen) atoms. The van der Waals surface area contributed by atoms with Crippen molar-refractivity contribution < 1.29 is 9.90 Å². The molecule has 3 nitrogen and oxygen atoms in total. The Labute approximate surface area is 90.1 Å². The van der Waals surface area contributed by atoms with E-state index < -0.39 is 0 Å². The van der Waals surface area contributed by atoms with Crippen LogP contribution in [0.5, 0.6) is 0 Å². The van der Waals surface area contributed by atoms with Crippen LogP contribution in [0.15, 0.2) is 18.2 Å². The van der Waals surface area contributed by atoms with Gasteiger partial charge in [0, 0.05) is 18.7 Å². The van der Waals surface area contributed by atoms with Gasteiger partial charge in [-0.05, 0) is 31.4 Å². The van der Waals surface area contributed by atoms with E-state index in [1.54, 1.807) is 0 Å². The van der Waals surface area contributed by atoms with E-state index in [2.05, 4.69) is 5.32 Å². The highest BCUT2D eigenvalue weighted by molar-refractivity contribution is 5.96. The zero-order chi connectivity index (χ0) is 11.3. The van der Waals surface area contributed by atoms with Crippen molar-refractivity contribution in [2.45, 2.75) is 20.3 Å². The smallest absolute Gasteiger partial charge is 0.251 e. The lowest BCUT2D eigenvalue weighted by atomic mass is 10.0. The molecule has 2 N–H and O–H groups in total. The van der Waals surface area contributed by atoms with Gasteiger partial charge in [-0.3, -0.25) is 4.79 Å². The van der Waals surface area contributed by atoms with Gasteiger partial charge < -0.3 is 10.4 Å². The highest BCUT2D eigenvalue weighted by Gasteiger charge is 2.10. The normalized spacial score (nSPS) is 10.1. The molecule has 0 unspecified atom stereocenters. The molecule has 1 amide bonds. The first-order valence-corrected chi connectivity index (χ1v) is 5.12. The number of rotatable bonds is 4. The molecule has 0 heterocycles. The number of aliphatic hydroxyl groups is 1. The van der Waals surface area contributed by atoms with E-state index >= 15 is 0 Å². The van der Waals surface area contributed by atoms with Crippen LogP contribution in [-0.4, -0.2) is 24.2 Å². The summed E-state index contributed by atoms with van der Waals surface area (Å²) < 4.78 is 0. The third kappa shape index (κ3) is 3.06. The van der Waals surface area contributed by atoms with E-state index in [4.69, 9.17) is 5.11 Å². The molecule has 0 fully saturated rings. The molecule has 0 saturated heterocycles. The summed E-state index contributed by atoms with van der Waals surface area (Å²) in [6, 6.07) is 5.79. The summed E-state index contributed by atoms with van der Waals surface area (Å²) in [5.41, 5.74) is 2.71. The molecule has 3 heteroatoms. The minimum Gasteiger partial charge on any atom is -0.396 e. The first-order valence-electron chi connectivity index (χ1n) is 5.12. The summed E-state index contributed by atoms with van der Waals surface area (Å²) in [5.74, 6) is -0.0564. The third-order valence-corrected chi connectivity index (χ3v) is 2.33. The summed E-state index contributed by atoms with van der Waals surface area (Å²) >= 11 is 0. The second-order valence-electron chi connectivity index (χ2n) is 3.60. The first kappa shape index (κ1) is 11.7. The summed E-state index contributed by atoms with van der Waals surface area (Å²) in [7, 11) is 0. The maximum absolute atomic E-state index is 11.8. The number of hydrogen-bond donors (Lipinski definition) is 2. The number of nitrogens with one attached hydrogen (secondary N) is 1. The van der Waals surface area contributed by atoms with E-state index in [0.29, 0.717) is 13.0 Å². The van der Waals surface area contributed by atoms with Gasteiger partial charge in [0.25, 0.3) is 5.91 Å². The van der Waals surface area contributed by atoms with E-state index in [1.807, 2.05) is 32.0 Å². The van der Waals surface area contributed by atoms with Gasteiger partial charge in [-0.1, -0.05) is 18.2 Å². The molecule has 1 aromatic carbocycles. The molecule has 1 aromatic rings. The average molecular weight is 207 g/mol. The second-order valence-corrected chi connectivity index (χ2v) is 3.60. The Morgan fingerprint density at radius 1 is 1.33 bits per heavy atom. The Kier molecular flexibility index (Phi) is 4.31. The molecule has 0 atom stereocenters. The van der Waals surface area contributed by atoms with Crippen LogP contribution in [0.25, 0.3) is 0 Å². The van der Waals surface area contributed by atoms with Gasteiger partial charge in [0.1, 0.15) is 0 Å². The van der Waals surface area contributed by atoms with Crippen LogP contribution in [0, 0.1) is 13.8 Å². The van der Waals surface area contributed by atoms with Crippen molar-refractivity contribution in [2.24, 2.45) is 0 Å². The van der Waals surface area contributed by atoms with Crippen LogP contribution in [0.3, 0.4) is 0 Å². The lowest BCUT2D eigenvalue weighted by Crippen LogP contribution is -2.26. The number of hydrogen-bond acceptors (Lipinski definition) is 2. The number of amides is 1. The monoisotopic (exact) mass is 207 g/mol. The van der Waals surface area contributed by atoms with Crippen LogP contribution in [-0.2, 0) is 0 Å². The molecule has 82 valence electrons. The molecule has 0 bridgehead atoms. The van der Waals surface area contributed by atoms with Crippen molar-refractivity contribution in [3.63, 3.8) is 0 Å². The first-order chi connectivity index (χ1) is 7.16. The van der Waals surface area contributed by atoms with Gasteiger partial charge in [-0.2, -0.15) is 0 Å². The summed E-state index contributed by atoms with van der Waals surface area (Å²) in [5, 5.41) is 11.4. The van der Waals surface area contributed by atoms with Crippen molar-refractivity contribution in [2.75, 3.05) is 13.2 Å². The fourth-order valence-electron chi connectivity index (χ4n) is 1.54.